The van der Waals surface area contributed by atoms with Crippen molar-refractivity contribution in [2.75, 3.05) is 5.75 Å². The van der Waals surface area contributed by atoms with Gasteiger partial charge in [0.1, 0.15) is 17.2 Å². The van der Waals surface area contributed by atoms with E-state index in [1.807, 2.05) is 31.2 Å². The van der Waals surface area contributed by atoms with Crippen LogP contribution in [0.25, 0.3) is 0 Å². The average molecular weight is 344 g/mol. The van der Waals surface area contributed by atoms with E-state index in [1.54, 1.807) is 42.0 Å². The number of nitrogens with zero attached hydrogens (tertiary/aromatic N) is 1. The summed E-state index contributed by atoms with van der Waals surface area (Å²) in [5, 5.41) is 2.71. The van der Waals surface area contributed by atoms with Crippen molar-refractivity contribution in [2.45, 2.75) is 31.8 Å². The Bertz CT molecular complexity index is 730. The van der Waals surface area contributed by atoms with Crippen LogP contribution in [0.3, 0.4) is 0 Å². The van der Waals surface area contributed by atoms with Gasteiger partial charge >= 0.3 is 0 Å². The summed E-state index contributed by atoms with van der Waals surface area (Å²) in [7, 11) is 0. The summed E-state index contributed by atoms with van der Waals surface area (Å²) in [5.41, 5.74) is 2.21. The Morgan fingerprint density at radius 2 is 2.17 bits per heavy atom. The minimum absolute atomic E-state index is 0.00565. The molecular formula is C18H20N2O3S. The zero-order valence-corrected chi connectivity index (χ0v) is 14.5. The van der Waals surface area contributed by atoms with Crippen LogP contribution in [0.1, 0.15) is 29.2 Å². The Hall–Kier alpha value is -2.21. The maximum Gasteiger partial charge on any atom is 0.242 e. The van der Waals surface area contributed by atoms with Gasteiger partial charge in [0, 0.05) is 0 Å². The molecule has 1 aromatic carbocycles. The summed E-state index contributed by atoms with van der Waals surface area (Å²) in [6, 6.07) is 11.0. The molecule has 0 unspecified atom stereocenters. The van der Waals surface area contributed by atoms with Crippen LogP contribution in [0.15, 0.2) is 47.1 Å². The smallest absolute Gasteiger partial charge is 0.242 e. The molecule has 2 atom stereocenters. The topological polar surface area (TPSA) is 62.6 Å². The molecule has 0 saturated carbocycles. The van der Waals surface area contributed by atoms with Gasteiger partial charge in [-0.05, 0) is 37.1 Å². The maximum atomic E-state index is 12.5. The number of carbonyl (C=O) groups excluding carboxylic acids is 2. The SMILES string of the molecule is Cc1ccccc1[C@@H]1SCC(=O)N1[C@H](C)C(=O)NCc1ccco1. The molecule has 1 N–H and O–H groups in total. The van der Waals surface area contributed by atoms with Gasteiger partial charge in [0.15, 0.2) is 0 Å². The number of thioether (sulfide) groups is 1. The first-order valence-corrected chi connectivity index (χ1v) is 8.91. The van der Waals surface area contributed by atoms with Crippen LogP contribution in [0, 0.1) is 6.92 Å². The van der Waals surface area contributed by atoms with Crippen molar-refractivity contribution in [1.82, 2.24) is 10.2 Å². The molecule has 2 amide bonds. The molecule has 126 valence electrons. The van der Waals surface area contributed by atoms with E-state index >= 15 is 0 Å². The molecule has 0 spiro atoms. The summed E-state index contributed by atoms with van der Waals surface area (Å²) in [6.07, 6.45) is 1.57. The summed E-state index contributed by atoms with van der Waals surface area (Å²) in [4.78, 5) is 26.5. The highest BCUT2D eigenvalue weighted by Crippen LogP contribution is 2.41. The molecule has 6 heteroatoms. The van der Waals surface area contributed by atoms with Gasteiger partial charge in [-0.15, -0.1) is 11.8 Å². The predicted octanol–water partition coefficient (Wildman–Crippen LogP) is 2.87. The summed E-state index contributed by atoms with van der Waals surface area (Å²) < 4.78 is 5.22. The fourth-order valence-corrected chi connectivity index (χ4v) is 4.17. The molecule has 1 aliphatic rings. The molecule has 2 heterocycles. The van der Waals surface area contributed by atoms with E-state index in [0.717, 1.165) is 11.1 Å². The minimum Gasteiger partial charge on any atom is -0.467 e. The third-order valence-corrected chi connectivity index (χ3v) is 5.38. The van der Waals surface area contributed by atoms with E-state index in [-0.39, 0.29) is 17.2 Å². The van der Waals surface area contributed by atoms with Crippen molar-refractivity contribution in [3.05, 3.63) is 59.5 Å². The average Bonchev–Trinajstić information content (AvgIpc) is 3.22. The number of nitrogens with one attached hydrogen (secondary N) is 1. The van der Waals surface area contributed by atoms with Crippen molar-refractivity contribution in [2.24, 2.45) is 0 Å². The fraction of sp³-hybridized carbons (Fsp3) is 0.333. The lowest BCUT2D eigenvalue weighted by Gasteiger charge is -2.30. The third-order valence-electron chi connectivity index (χ3n) is 4.17. The monoisotopic (exact) mass is 344 g/mol. The molecule has 0 bridgehead atoms. The Morgan fingerprint density at radius 3 is 2.88 bits per heavy atom. The number of rotatable bonds is 5. The number of aryl methyl sites for hydroxylation is 1. The second-order valence-corrected chi connectivity index (χ2v) is 6.86. The molecule has 1 fully saturated rings. The zero-order chi connectivity index (χ0) is 17.1. The van der Waals surface area contributed by atoms with Gasteiger partial charge in [-0.3, -0.25) is 9.59 Å². The first kappa shape index (κ1) is 16.6. The molecule has 0 aliphatic carbocycles. The largest absolute Gasteiger partial charge is 0.467 e. The lowest BCUT2D eigenvalue weighted by atomic mass is 10.1. The lowest BCUT2D eigenvalue weighted by molar-refractivity contribution is -0.138. The predicted molar refractivity (Wildman–Crippen MR) is 93.2 cm³/mol. The highest BCUT2D eigenvalue weighted by molar-refractivity contribution is 8.00. The first-order chi connectivity index (χ1) is 11.6. The minimum atomic E-state index is -0.535. The van der Waals surface area contributed by atoms with E-state index in [4.69, 9.17) is 4.42 Å². The molecule has 1 aliphatic heterocycles. The molecule has 5 nitrogen and oxygen atoms in total. The van der Waals surface area contributed by atoms with E-state index in [9.17, 15) is 9.59 Å². The van der Waals surface area contributed by atoms with Crippen LogP contribution < -0.4 is 5.32 Å². The standard InChI is InChI=1S/C18H20N2O3S/c1-12-6-3-4-8-15(12)18-20(16(21)11-24-18)13(2)17(22)19-10-14-7-5-9-23-14/h3-9,13,18H,10-11H2,1-2H3,(H,19,22)/t13-,18+/m1/s1. The zero-order valence-electron chi connectivity index (χ0n) is 13.7. The molecular weight excluding hydrogens is 324 g/mol. The Labute approximate surface area is 145 Å². The van der Waals surface area contributed by atoms with Crippen molar-refractivity contribution >= 4 is 23.6 Å². The van der Waals surface area contributed by atoms with Gasteiger partial charge < -0.3 is 14.6 Å². The van der Waals surface area contributed by atoms with Gasteiger partial charge in [-0.25, -0.2) is 0 Å². The van der Waals surface area contributed by atoms with E-state index in [2.05, 4.69) is 5.32 Å². The maximum absolute atomic E-state index is 12.5. The quantitative estimate of drug-likeness (QED) is 0.906. The summed E-state index contributed by atoms with van der Waals surface area (Å²) >= 11 is 1.57. The molecule has 2 aromatic rings. The lowest BCUT2D eigenvalue weighted by Crippen LogP contribution is -2.46. The molecule has 24 heavy (non-hydrogen) atoms. The fourth-order valence-electron chi connectivity index (χ4n) is 2.82. The molecule has 0 radical (unpaired) electrons. The van der Waals surface area contributed by atoms with E-state index in [0.29, 0.717) is 18.1 Å². The number of hydrogen-bond acceptors (Lipinski definition) is 4. The van der Waals surface area contributed by atoms with Crippen LogP contribution in [0.5, 0.6) is 0 Å². The second kappa shape index (κ2) is 7.13. The first-order valence-electron chi connectivity index (χ1n) is 7.86. The van der Waals surface area contributed by atoms with Gasteiger partial charge in [-0.2, -0.15) is 0 Å². The Balaban J connectivity index is 1.73. The number of furan rings is 1. The van der Waals surface area contributed by atoms with Crippen LogP contribution in [0.4, 0.5) is 0 Å². The van der Waals surface area contributed by atoms with Crippen molar-refractivity contribution < 1.29 is 14.0 Å². The van der Waals surface area contributed by atoms with Crippen LogP contribution >= 0.6 is 11.8 Å². The van der Waals surface area contributed by atoms with Crippen molar-refractivity contribution in [3.63, 3.8) is 0 Å². The highest BCUT2D eigenvalue weighted by Gasteiger charge is 2.39. The van der Waals surface area contributed by atoms with Gasteiger partial charge in [0.25, 0.3) is 0 Å². The molecule has 1 saturated heterocycles. The van der Waals surface area contributed by atoms with Crippen molar-refractivity contribution in [1.29, 1.82) is 0 Å². The third kappa shape index (κ3) is 3.33. The van der Waals surface area contributed by atoms with E-state index in [1.165, 1.54) is 0 Å². The van der Waals surface area contributed by atoms with Gasteiger partial charge in [0.2, 0.25) is 11.8 Å². The number of hydrogen-bond donors (Lipinski definition) is 1. The van der Waals surface area contributed by atoms with Crippen molar-refractivity contribution in [3.8, 4) is 0 Å². The highest BCUT2D eigenvalue weighted by atomic mass is 32.2. The van der Waals surface area contributed by atoms with Gasteiger partial charge in [0.05, 0.1) is 18.6 Å². The number of benzene rings is 1. The summed E-state index contributed by atoms with van der Waals surface area (Å²) in [5.74, 6) is 0.900. The number of amides is 2. The molecule has 1 aromatic heterocycles. The second-order valence-electron chi connectivity index (χ2n) is 5.79. The van der Waals surface area contributed by atoms with Crippen LogP contribution in [-0.4, -0.2) is 28.5 Å². The van der Waals surface area contributed by atoms with E-state index < -0.39 is 6.04 Å². The Morgan fingerprint density at radius 1 is 1.38 bits per heavy atom. The Kier molecular flexibility index (Phi) is 4.94. The number of carbonyl (C=O) groups is 2. The van der Waals surface area contributed by atoms with Gasteiger partial charge in [-0.1, -0.05) is 24.3 Å². The van der Waals surface area contributed by atoms with Crippen LogP contribution in [-0.2, 0) is 16.1 Å². The van der Waals surface area contributed by atoms with Crippen LogP contribution in [0.2, 0.25) is 0 Å². The normalized spacial score (nSPS) is 18.7. The molecule has 3 rings (SSSR count). The summed E-state index contributed by atoms with van der Waals surface area (Å²) in [6.45, 7) is 4.12.